The Labute approximate surface area is 807 Å². The number of imidazole rings is 3. The van der Waals surface area contributed by atoms with E-state index in [-0.39, 0.29) is 22.3 Å². The normalized spacial score (nSPS) is 11.4. The van der Waals surface area contributed by atoms with Crippen LogP contribution in [0.4, 0.5) is 0 Å². The molecule has 0 bridgehead atoms. The zero-order valence-corrected chi connectivity index (χ0v) is 80.9. The first kappa shape index (κ1) is 94.5. The fourth-order valence-corrected chi connectivity index (χ4v) is 19.9. The van der Waals surface area contributed by atoms with Gasteiger partial charge in [-0.2, -0.15) is 18.7 Å². The van der Waals surface area contributed by atoms with E-state index in [4.69, 9.17) is 35.3 Å². The summed E-state index contributed by atoms with van der Waals surface area (Å²) in [6.07, 6.45) is 0. The van der Waals surface area contributed by atoms with Crippen LogP contribution < -0.4 is 18.3 Å². The summed E-state index contributed by atoms with van der Waals surface area (Å²) in [6, 6.07) is 89.5. The molecule has 0 atom stereocenters. The minimum Gasteiger partial charge on any atom is -0.436 e. The highest BCUT2D eigenvalue weighted by atomic mass is 16.5. The number of oxazole rings is 4. The smallest absolute Gasteiger partial charge is 0.421 e. The number of hydrogen-bond acceptors (Lipinski definition) is 11. The molecule has 702 valence electrons. The third-order valence-electron chi connectivity index (χ3n) is 26.8. The number of nitrogens with zero attached hydrogens (tertiary/aromatic N) is 13. The van der Waals surface area contributed by atoms with E-state index in [2.05, 4.69) is 343 Å². The Morgan fingerprint density at radius 1 is 0.259 bits per heavy atom. The largest absolute Gasteiger partial charge is 0.436 e. The quantitative estimate of drug-likeness (QED) is 0.149. The molecule has 0 fully saturated rings. The number of fused-ring (bicyclic) bond motifs is 21. The summed E-state index contributed by atoms with van der Waals surface area (Å²) < 4.78 is 68.2. The second-order valence-electron chi connectivity index (χ2n) is 35.6. The molecule has 0 unspecified atom stereocenters. The number of para-hydroxylation sites is 12. The van der Waals surface area contributed by atoms with Crippen LogP contribution in [0, 0.1) is 118 Å². The molecule has 0 aliphatic carbocycles. The predicted octanol–water partition coefficient (Wildman–Crippen LogP) is 28.6. The molecule has 21 nitrogen and oxygen atoms in total. The third-order valence-corrected chi connectivity index (χ3v) is 26.8. The van der Waals surface area contributed by atoms with Crippen molar-refractivity contribution in [1.29, 1.82) is 0 Å². The SMILES string of the molecule is C.C.C.Cc1cccc(C)c1-n1c(C)[n+](C)c2c3ccccc3oc21.Cc1cccc(C)c1-n1c(C)nc2oc3ccccc3c21.Cc1cccc(C)c1-n1c2ccccc2c2c1[n+](C)c(C)n2C.Cc1cccc(C)c1-n1c2ccccc2c2oc(C)[n+](C)c21.Cc1nc2c(o1)oc1ccccc12.Cc1nc2c3ccccc3n(-c3c(C)cccc3C)c2o1.Cc1oc2c3ccccc3oc2[n+]1C. The zero-order chi connectivity index (χ0) is 94.8. The zero-order valence-electron chi connectivity index (χ0n) is 80.9. The summed E-state index contributed by atoms with van der Waals surface area (Å²) >= 11 is 0. The number of aromatic nitrogens is 13. The average Bonchev–Trinajstić information content (AvgIpc) is 1.57. The minimum absolute atomic E-state index is 0. The number of benzene rings is 12. The molecule has 26 aromatic rings. The second-order valence-corrected chi connectivity index (χ2v) is 35.6. The monoisotopic (exact) mass is 1850 g/mol. The van der Waals surface area contributed by atoms with Gasteiger partial charge in [-0.25, -0.2) is 23.7 Å². The fourth-order valence-electron chi connectivity index (χ4n) is 19.9. The molecule has 12 aromatic carbocycles. The van der Waals surface area contributed by atoms with Gasteiger partial charge < -0.3 is 35.3 Å². The highest BCUT2D eigenvalue weighted by molar-refractivity contribution is 6.09. The Kier molecular flexibility index (Phi) is 25.4. The number of hydrogen-bond donors (Lipinski definition) is 0. The van der Waals surface area contributed by atoms with Gasteiger partial charge in [0.05, 0.1) is 78.9 Å². The van der Waals surface area contributed by atoms with Gasteiger partial charge in [-0.1, -0.05) is 204 Å². The van der Waals surface area contributed by atoms with Crippen molar-refractivity contribution in [3.8, 4) is 28.4 Å². The molecule has 0 aliphatic rings. The van der Waals surface area contributed by atoms with Gasteiger partial charge in [-0.15, -0.1) is 4.57 Å². The lowest BCUT2D eigenvalue weighted by molar-refractivity contribution is -0.663. The lowest BCUT2D eigenvalue weighted by Gasteiger charge is -2.13. The van der Waals surface area contributed by atoms with Crippen molar-refractivity contribution in [1.82, 2.24) is 42.4 Å². The highest BCUT2D eigenvalue weighted by Gasteiger charge is 2.34. The van der Waals surface area contributed by atoms with Crippen LogP contribution in [0.3, 0.4) is 0 Å². The van der Waals surface area contributed by atoms with Crippen LogP contribution in [-0.4, -0.2) is 42.4 Å². The number of rotatable bonds is 5. The third kappa shape index (κ3) is 15.9. The van der Waals surface area contributed by atoms with Crippen molar-refractivity contribution in [3.05, 3.63) is 358 Å². The van der Waals surface area contributed by atoms with E-state index in [0.29, 0.717) is 23.3 Å². The molecule has 14 heterocycles. The maximum Gasteiger partial charge on any atom is 0.421 e. The van der Waals surface area contributed by atoms with Gasteiger partial charge in [0.2, 0.25) is 28.4 Å². The molecule has 0 amide bonds. The molecule has 0 spiro atoms. The van der Waals surface area contributed by atoms with Gasteiger partial charge in [-0.3, -0.25) is 13.7 Å². The van der Waals surface area contributed by atoms with Crippen LogP contribution in [0.15, 0.2) is 296 Å². The van der Waals surface area contributed by atoms with Crippen molar-refractivity contribution < 1.29 is 53.6 Å². The van der Waals surface area contributed by atoms with Crippen molar-refractivity contribution in [2.45, 2.75) is 140 Å². The first-order valence-electron chi connectivity index (χ1n) is 45.9. The Bertz CT molecular complexity index is 9080. The van der Waals surface area contributed by atoms with Crippen LogP contribution in [-0.2, 0) is 35.2 Å². The molecule has 14 aromatic heterocycles. The van der Waals surface area contributed by atoms with Crippen molar-refractivity contribution in [2.24, 2.45) is 35.2 Å². The fraction of sp³-hybridized carbons (Fsp3) is 0.212. The number of aryl methyl sites for hydroxylation is 20. The molecular formula is C118H121N13O8+4. The summed E-state index contributed by atoms with van der Waals surface area (Å²) in [7, 11) is 10.4. The molecule has 139 heavy (non-hydrogen) atoms. The van der Waals surface area contributed by atoms with E-state index in [1.807, 2.05) is 131 Å². The van der Waals surface area contributed by atoms with Gasteiger partial charge in [0.1, 0.15) is 74.3 Å². The van der Waals surface area contributed by atoms with Gasteiger partial charge >= 0.3 is 28.7 Å². The molecule has 0 N–H and O–H groups in total. The minimum atomic E-state index is 0. The van der Waals surface area contributed by atoms with Crippen LogP contribution in [0.2, 0.25) is 0 Å². The molecule has 0 radical (unpaired) electrons. The Balaban J connectivity index is 0.000000112. The van der Waals surface area contributed by atoms with E-state index in [1.54, 1.807) is 0 Å². The van der Waals surface area contributed by atoms with E-state index in [9.17, 15) is 0 Å². The van der Waals surface area contributed by atoms with Crippen LogP contribution in [0.1, 0.15) is 119 Å². The average molecular weight is 1850 g/mol. The van der Waals surface area contributed by atoms with Crippen LogP contribution in [0.25, 0.3) is 184 Å². The lowest BCUT2D eigenvalue weighted by Crippen LogP contribution is -2.32. The summed E-state index contributed by atoms with van der Waals surface area (Å²) in [6.45, 7) is 35.5. The van der Waals surface area contributed by atoms with Gasteiger partial charge in [0.15, 0.2) is 22.8 Å². The number of furan rings is 4. The van der Waals surface area contributed by atoms with Crippen molar-refractivity contribution >= 4 is 155 Å². The van der Waals surface area contributed by atoms with Crippen molar-refractivity contribution in [3.63, 3.8) is 0 Å². The van der Waals surface area contributed by atoms with E-state index >= 15 is 0 Å². The Hall–Kier alpha value is -16.3. The van der Waals surface area contributed by atoms with Crippen LogP contribution >= 0.6 is 0 Å². The lowest BCUT2D eigenvalue weighted by atomic mass is 10.1. The predicted molar refractivity (Wildman–Crippen MR) is 563 cm³/mol. The van der Waals surface area contributed by atoms with Crippen molar-refractivity contribution in [2.75, 3.05) is 0 Å². The maximum atomic E-state index is 6.19. The molecule has 21 heteroatoms. The Morgan fingerprint density at radius 3 is 1.19 bits per heavy atom. The molecule has 0 aliphatic heterocycles. The molecular weight excluding hydrogens is 1730 g/mol. The Morgan fingerprint density at radius 2 is 0.647 bits per heavy atom. The van der Waals surface area contributed by atoms with E-state index in [0.717, 1.165) is 140 Å². The first-order valence-corrected chi connectivity index (χ1v) is 45.9. The molecule has 26 rings (SSSR count). The summed E-state index contributed by atoms with van der Waals surface area (Å²) in [4.78, 5) is 13.4. The summed E-state index contributed by atoms with van der Waals surface area (Å²) in [5, 5.41) is 7.90. The van der Waals surface area contributed by atoms with Gasteiger partial charge in [0, 0.05) is 45.4 Å². The standard InChI is InChI=1S/C20H22N3.2C19H19N2O.2C18H16N2O.C11H10NO2.C10H7NO2.3CH4/c1-13-9-8-10-14(2)18(13)23-17-12-7-6-11-16(17)19-20(23)22(5)15(3)21(19)4;1-12-8-7-9-13(2)17(12)21-16-11-6-5-10-15(16)18-19(21)20(4)14(3)22-18;1-12-8-7-9-13(2)17(12)21-14(3)20(4)18-15-10-5-6-11-16(15)22-19(18)21;1-11-7-6-8-12(2)17(11)20-15-10-5-4-9-14(15)16-18(20)21-13(3)19-16;1-11-7-6-8-12(2)16(11)20-13(3)19-18-17(20)14-9-4-5-10-15(14)21-18;1-7-12(2)11-10(13-7)8-5-3-4-6-9(8)14-11;1-6-11-9-7-4-2-3-5-8(7)13-10(9)12-6;;;/h6-12H,1-5H3;2*5-11H,1-4H3;2*4-10H,1-3H3;3-6H,1-2H3;2-5H,1H3;3*1H4/q3*+1;;;+1;;;;. The van der Waals surface area contributed by atoms with Crippen LogP contribution in [0.5, 0.6) is 0 Å². The van der Waals surface area contributed by atoms with Gasteiger partial charge in [-0.05, 0) is 211 Å². The molecule has 0 saturated carbocycles. The van der Waals surface area contributed by atoms with Gasteiger partial charge in [0.25, 0.3) is 22.9 Å². The molecule has 0 saturated heterocycles. The summed E-state index contributed by atoms with van der Waals surface area (Å²) in [5.74, 6) is 6.98. The topological polar surface area (TPSA) is 189 Å². The van der Waals surface area contributed by atoms with E-state index < -0.39 is 0 Å². The van der Waals surface area contributed by atoms with E-state index in [1.165, 1.54) is 117 Å². The highest BCUT2D eigenvalue weighted by Crippen LogP contribution is 2.41. The maximum absolute atomic E-state index is 6.19. The second kappa shape index (κ2) is 37.4. The summed E-state index contributed by atoms with van der Waals surface area (Å²) in [5.41, 5.74) is 38.4. The first-order chi connectivity index (χ1) is 65.6.